The van der Waals surface area contributed by atoms with Crippen LogP contribution in [-0.4, -0.2) is 24.0 Å². The summed E-state index contributed by atoms with van der Waals surface area (Å²) in [5.74, 6) is 0.212. The van der Waals surface area contributed by atoms with Crippen LogP contribution in [0.1, 0.15) is 42.6 Å². The highest BCUT2D eigenvalue weighted by Crippen LogP contribution is 2.30. The second-order valence-corrected chi connectivity index (χ2v) is 5.93. The minimum absolute atomic E-state index is 0.0594. The lowest BCUT2D eigenvalue weighted by molar-refractivity contribution is -0.133. The Hall–Kier alpha value is -2.13. The molecule has 0 fully saturated rings. The van der Waals surface area contributed by atoms with E-state index in [9.17, 15) is 4.79 Å². The molecule has 0 radical (unpaired) electrons. The lowest BCUT2D eigenvalue weighted by Gasteiger charge is -2.30. The fourth-order valence-electron chi connectivity index (χ4n) is 3.08. The number of nitrogens with zero attached hydrogens (tertiary/aromatic N) is 1. The smallest absolute Gasteiger partial charge is 0.222 e. The van der Waals surface area contributed by atoms with Gasteiger partial charge in [-0.2, -0.15) is 0 Å². The van der Waals surface area contributed by atoms with Crippen molar-refractivity contribution in [2.45, 2.75) is 32.4 Å². The largest absolute Gasteiger partial charge is 0.367 e. The fourth-order valence-corrected chi connectivity index (χ4v) is 3.08. The number of hydrogen-bond acceptors (Lipinski definition) is 2. The molecule has 1 amide bonds. The summed E-state index contributed by atoms with van der Waals surface area (Å²) in [6.45, 7) is 3.92. The van der Waals surface area contributed by atoms with E-state index in [0.29, 0.717) is 26.1 Å². The van der Waals surface area contributed by atoms with Gasteiger partial charge in [0.25, 0.3) is 0 Å². The molecule has 23 heavy (non-hydrogen) atoms. The number of rotatable bonds is 3. The number of amides is 1. The molecule has 0 aliphatic carbocycles. The van der Waals surface area contributed by atoms with E-state index in [0.717, 1.165) is 17.5 Å². The van der Waals surface area contributed by atoms with Gasteiger partial charge in [0, 0.05) is 19.5 Å². The molecule has 2 aromatic carbocycles. The van der Waals surface area contributed by atoms with Crippen LogP contribution < -0.4 is 0 Å². The summed E-state index contributed by atoms with van der Waals surface area (Å²) >= 11 is 0. The van der Waals surface area contributed by atoms with Crippen LogP contribution in [0.15, 0.2) is 54.6 Å². The molecule has 2 aromatic rings. The average molecular weight is 309 g/mol. The molecule has 3 heteroatoms. The Bertz CT molecular complexity index is 654. The molecule has 0 saturated heterocycles. The molecule has 1 heterocycles. The van der Waals surface area contributed by atoms with E-state index in [2.05, 4.69) is 24.3 Å². The molecule has 3 rings (SSSR count). The first-order valence-corrected chi connectivity index (χ1v) is 8.31. The maximum Gasteiger partial charge on any atom is 0.222 e. The van der Waals surface area contributed by atoms with E-state index in [-0.39, 0.29) is 12.0 Å². The molecule has 0 bridgehead atoms. The Morgan fingerprint density at radius 2 is 1.87 bits per heavy atom. The molecule has 0 saturated carbocycles. The van der Waals surface area contributed by atoms with Gasteiger partial charge in [0.05, 0.1) is 6.61 Å². The summed E-state index contributed by atoms with van der Waals surface area (Å²) in [4.78, 5) is 14.2. The van der Waals surface area contributed by atoms with E-state index in [1.165, 1.54) is 5.56 Å². The van der Waals surface area contributed by atoms with Crippen LogP contribution in [0.5, 0.6) is 0 Å². The standard InChI is InChI=1S/C20H23NO2/c1-2-8-19(22)21-13-14-23-20(16-9-4-3-5-10-16)18-12-7-6-11-17(18)15-21/h3-7,9-12,20H,2,8,13-15H2,1H3. The van der Waals surface area contributed by atoms with Gasteiger partial charge in [-0.1, -0.05) is 61.5 Å². The predicted octanol–water partition coefficient (Wildman–Crippen LogP) is 3.93. The maximum atomic E-state index is 12.3. The second kappa shape index (κ2) is 7.42. The number of carbonyl (C=O) groups is 1. The number of carbonyl (C=O) groups excluding carboxylic acids is 1. The van der Waals surface area contributed by atoms with Crippen LogP contribution in [0.4, 0.5) is 0 Å². The lowest BCUT2D eigenvalue weighted by Crippen LogP contribution is -2.35. The molecular formula is C20H23NO2. The molecule has 0 aromatic heterocycles. The van der Waals surface area contributed by atoms with Crippen molar-refractivity contribution in [2.75, 3.05) is 13.2 Å². The van der Waals surface area contributed by atoms with Crippen LogP contribution in [0.25, 0.3) is 0 Å². The van der Waals surface area contributed by atoms with Gasteiger partial charge in [0.1, 0.15) is 6.10 Å². The molecule has 1 unspecified atom stereocenters. The van der Waals surface area contributed by atoms with Gasteiger partial charge in [0.15, 0.2) is 0 Å². The van der Waals surface area contributed by atoms with E-state index >= 15 is 0 Å². The van der Waals surface area contributed by atoms with Crippen LogP contribution >= 0.6 is 0 Å². The minimum Gasteiger partial charge on any atom is -0.367 e. The van der Waals surface area contributed by atoms with Crippen molar-refractivity contribution in [1.29, 1.82) is 0 Å². The summed E-state index contributed by atoms with van der Waals surface area (Å²) in [5.41, 5.74) is 3.49. The summed E-state index contributed by atoms with van der Waals surface area (Å²) in [5, 5.41) is 0. The van der Waals surface area contributed by atoms with Crippen LogP contribution in [0, 0.1) is 0 Å². The highest BCUT2D eigenvalue weighted by molar-refractivity contribution is 5.76. The summed E-state index contributed by atoms with van der Waals surface area (Å²) in [6.07, 6.45) is 1.42. The number of hydrogen-bond donors (Lipinski definition) is 0. The van der Waals surface area contributed by atoms with E-state index in [1.54, 1.807) is 0 Å². The first-order chi connectivity index (χ1) is 11.3. The molecule has 3 nitrogen and oxygen atoms in total. The van der Waals surface area contributed by atoms with Gasteiger partial charge in [0.2, 0.25) is 5.91 Å². The molecule has 1 aliphatic rings. The zero-order valence-electron chi connectivity index (χ0n) is 13.6. The van der Waals surface area contributed by atoms with Crippen molar-refractivity contribution >= 4 is 5.91 Å². The van der Waals surface area contributed by atoms with Crippen molar-refractivity contribution in [1.82, 2.24) is 4.90 Å². The fraction of sp³-hybridized carbons (Fsp3) is 0.350. The molecule has 120 valence electrons. The zero-order valence-corrected chi connectivity index (χ0v) is 13.6. The minimum atomic E-state index is -0.0594. The SMILES string of the molecule is CCCC(=O)N1CCOC(c2ccccc2)c2ccccc2C1. The van der Waals surface area contributed by atoms with Gasteiger partial charge in [-0.25, -0.2) is 0 Å². The summed E-state index contributed by atoms with van der Waals surface area (Å²) < 4.78 is 6.16. The van der Waals surface area contributed by atoms with Gasteiger partial charge >= 0.3 is 0 Å². The monoisotopic (exact) mass is 309 g/mol. The zero-order chi connectivity index (χ0) is 16.1. The Kier molecular flexibility index (Phi) is 5.09. The predicted molar refractivity (Wildman–Crippen MR) is 91.0 cm³/mol. The number of fused-ring (bicyclic) bond motifs is 1. The molecule has 0 spiro atoms. The normalized spacial score (nSPS) is 18.0. The van der Waals surface area contributed by atoms with E-state index in [4.69, 9.17) is 4.74 Å². The molecule has 1 aliphatic heterocycles. The van der Waals surface area contributed by atoms with Crippen LogP contribution in [0.3, 0.4) is 0 Å². The highest BCUT2D eigenvalue weighted by Gasteiger charge is 2.23. The van der Waals surface area contributed by atoms with E-state index < -0.39 is 0 Å². The first-order valence-electron chi connectivity index (χ1n) is 8.31. The highest BCUT2D eigenvalue weighted by atomic mass is 16.5. The van der Waals surface area contributed by atoms with Crippen molar-refractivity contribution in [3.8, 4) is 0 Å². The third-order valence-corrected chi connectivity index (χ3v) is 4.26. The molecular weight excluding hydrogens is 286 g/mol. The average Bonchev–Trinajstić information content (AvgIpc) is 2.57. The first kappa shape index (κ1) is 15.8. The number of ether oxygens (including phenoxy) is 1. The van der Waals surface area contributed by atoms with Gasteiger partial charge in [-0.15, -0.1) is 0 Å². The Labute approximate surface area is 137 Å². The number of benzene rings is 2. The van der Waals surface area contributed by atoms with Crippen molar-refractivity contribution in [3.63, 3.8) is 0 Å². The topological polar surface area (TPSA) is 29.5 Å². The summed E-state index contributed by atoms with van der Waals surface area (Å²) in [7, 11) is 0. The van der Waals surface area contributed by atoms with Crippen LogP contribution in [-0.2, 0) is 16.1 Å². The second-order valence-electron chi connectivity index (χ2n) is 5.93. The summed E-state index contributed by atoms with van der Waals surface area (Å²) in [6, 6.07) is 18.6. The van der Waals surface area contributed by atoms with Gasteiger partial charge in [-0.05, 0) is 23.1 Å². The van der Waals surface area contributed by atoms with Crippen LogP contribution in [0.2, 0.25) is 0 Å². The Morgan fingerprint density at radius 3 is 2.65 bits per heavy atom. The Morgan fingerprint density at radius 1 is 1.13 bits per heavy atom. The van der Waals surface area contributed by atoms with Crippen molar-refractivity contribution < 1.29 is 9.53 Å². The third-order valence-electron chi connectivity index (χ3n) is 4.26. The lowest BCUT2D eigenvalue weighted by atomic mass is 9.95. The van der Waals surface area contributed by atoms with Gasteiger partial charge in [-0.3, -0.25) is 4.79 Å². The Balaban J connectivity index is 1.93. The third kappa shape index (κ3) is 3.62. The van der Waals surface area contributed by atoms with E-state index in [1.807, 2.05) is 42.2 Å². The van der Waals surface area contributed by atoms with Crippen molar-refractivity contribution in [3.05, 3.63) is 71.3 Å². The van der Waals surface area contributed by atoms with Crippen molar-refractivity contribution in [2.24, 2.45) is 0 Å². The molecule has 0 N–H and O–H groups in total. The van der Waals surface area contributed by atoms with Gasteiger partial charge < -0.3 is 9.64 Å². The molecule has 1 atom stereocenters. The quantitative estimate of drug-likeness (QED) is 0.859. The maximum absolute atomic E-state index is 12.3.